The molecule has 0 aromatic heterocycles. The van der Waals surface area contributed by atoms with Gasteiger partial charge in [0.1, 0.15) is 0 Å². The lowest BCUT2D eigenvalue weighted by Gasteiger charge is -2.38. The third kappa shape index (κ3) is 3.01. The average molecular weight is 296 g/mol. The molecule has 0 N–H and O–H groups in total. The summed E-state index contributed by atoms with van der Waals surface area (Å²) in [6.45, 7) is 3.83. The van der Waals surface area contributed by atoms with E-state index in [0.717, 1.165) is 50.5 Å². The van der Waals surface area contributed by atoms with Gasteiger partial charge < -0.3 is 9.47 Å². The maximum absolute atomic E-state index is 6.23. The first-order chi connectivity index (χ1) is 9.71. The molecule has 0 amide bonds. The fourth-order valence-electron chi connectivity index (χ4n) is 3.29. The Balaban J connectivity index is 1.56. The lowest BCUT2D eigenvalue weighted by molar-refractivity contribution is -0.0460. The molecule has 3 nitrogen and oxygen atoms in total. The molecule has 4 heteroatoms. The van der Waals surface area contributed by atoms with Crippen LogP contribution in [0.2, 0.25) is 5.02 Å². The number of methoxy groups -OCH3 is 1. The van der Waals surface area contributed by atoms with Crippen molar-refractivity contribution in [3.05, 3.63) is 34.9 Å². The molecule has 2 aliphatic heterocycles. The highest BCUT2D eigenvalue weighted by Crippen LogP contribution is 2.37. The SMILES string of the molecule is CO[C@H]1COC2(CCN(Cc3ccccc3Cl)CC2)C1. The minimum absolute atomic E-state index is 0.0671. The highest BCUT2D eigenvalue weighted by molar-refractivity contribution is 6.31. The summed E-state index contributed by atoms with van der Waals surface area (Å²) in [6.07, 6.45) is 3.52. The van der Waals surface area contributed by atoms with Gasteiger partial charge in [-0.15, -0.1) is 0 Å². The topological polar surface area (TPSA) is 21.7 Å². The van der Waals surface area contributed by atoms with Crippen LogP contribution in [-0.2, 0) is 16.0 Å². The van der Waals surface area contributed by atoms with Crippen LogP contribution in [0.5, 0.6) is 0 Å². The smallest absolute Gasteiger partial charge is 0.0832 e. The highest BCUT2D eigenvalue weighted by atomic mass is 35.5. The number of piperidine rings is 1. The second-order valence-corrected chi connectivity index (χ2v) is 6.33. The Morgan fingerprint density at radius 2 is 2.10 bits per heavy atom. The van der Waals surface area contributed by atoms with Crippen molar-refractivity contribution in [1.82, 2.24) is 4.90 Å². The molecule has 1 atom stereocenters. The van der Waals surface area contributed by atoms with Gasteiger partial charge in [0.15, 0.2) is 0 Å². The molecule has 1 aromatic rings. The molecule has 2 heterocycles. The Kier molecular flexibility index (Phi) is 4.32. The maximum atomic E-state index is 6.23. The van der Waals surface area contributed by atoms with E-state index in [1.165, 1.54) is 5.56 Å². The largest absolute Gasteiger partial charge is 0.379 e. The minimum atomic E-state index is 0.0671. The third-order valence-electron chi connectivity index (χ3n) is 4.63. The van der Waals surface area contributed by atoms with Gasteiger partial charge in [0.25, 0.3) is 0 Å². The quantitative estimate of drug-likeness (QED) is 0.855. The molecule has 2 fully saturated rings. The first kappa shape index (κ1) is 14.3. The number of hydrogen-bond acceptors (Lipinski definition) is 3. The van der Waals surface area contributed by atoms with E-state index in [0.29, 0.717) is 0 Å². The van der Waals surface area contributed by atoms with E-state index in [2.05, 4.69) is 17.0 Å². The van der Waals surface area contributed by atoms with Crippen LogP contribution >= 0.6 is 11.6 Å². The zero-order chi connectivity index (χ0) is 14.0. The second-order valence-electron chi connectivity index (χ2n) is 5.92. The van der Waals surface area contributed by atoms with Crippen LogP contribution in [0.25, 0.3) is 0 Å². The van der Waals surface area contributed by atoms with E-state index < -0.39 is 0 Å². The summed E-state index contributed by atoms with van der Waals surface area (Å²) in [5, 5.41) is 0.865. The third-order valence-corrected chi connectivity index (χ3v) is 5.00. The summed E-state index contributed by atoms with van der Waals surface area (Å²) >= 11 is 6.23. The number of ether oxygens (including phenoxy) is 2. The number of benzene rings is 1. The fourth-order valence-corrected chi connectivity index (χ4v) is 3.48. The normalized spacial score (nSPS) is 26.2. The molecule has 110 valence electrons. The summed E-state index contributed by atoms with van der Waals surface area (Å²) in [7, 11) is 1.78. The molecular weight excluding hydrogens is 274 g/mol. The molecule has 2 saturated heterocycles. The van der Waals surface area contributed by atoms with Gasteiger partial charge in [-0.25, -0.2) is 0 Å². The predicted octanol–water partition coefficient (Wildman–Crippen LogP) is 3.11. The van der Waals surface area contributed by atoms with Crippen molar-refractivity contribution in [3.63, 3.8) is 0 Å². The summed E-state index contributed by atoms with van der Waals surface area (Å²) in [5.74, 6) is 0. The summed E-state index contributed by atoms with van der Waals surface area (Å²) in [6, 6.07) is 8.11. The van der Waals surface area contributed by atoms with E-state index in [1.54, 1.807) is 7.11 Å². The zero-order valence-corrected chi connectivity index (χ0v) is 12.7. The van der Waals surface area contributed by atoms with E-state index in [-0.39, 0.29) is 11.7 Å². The van der Waals surface area contributed by atoms with Gasteiger partial charge in [-0.1, -0.05) is 29.8 Å². The van der Waals surface area contributed by atoms with Crippen molar-refractivity contribution < 1.29 is 9.47 Å². The Hall–Kier alpha value is -0.610. The first-order valence-electron chi connectivity index (χ1n) is 7.33. The minimum Gasteiger partial charge on any atom is -0.379 e. The van der Waals surface area contributed by atoms with E-state index in [9.17, 15) is 0 Å². The molecule has 0 bridgehead atoms. The van der Waals surface area contributed by atoms with Gasteiger partial charge in [-0.2, -0.15) is 0 Å². The number of halogens is 1. The van der Waals surface area contributed by atoms with E-state index in [4.69, 9.17) is 21.1 Å². The van der Waals surface area contributed by atoms with Crippen molar-refractivity contribution in [2.75, 3.05) is 26.8 Å². The lowest BCUT2D eigenvalue weighted by Crippen LogP contribution is -2.43. The van der Waals surface area contributed by atoms with Gasteiger partial charge in [0, 0.05) is 38.2 Å². The van der Waals surface area contributed by atoms with Crippen LogP contribution < -0.4 is 0 Å². The first-order valence-corrected chi connectivity index (χ1v) is 7.71. The van der Waals surface area contributed by atoms with Crippen molar-refractivity contribution >= 4 is 11.6 Å². The molecule has 2 aliphatic rings. The molecule has 0 saturated carbocycles. The van der Waals surface area contributed by atoms with E-state index in [1.807, 2.05) is 12.1 Å². The molecule has 1 aromatic carbocycles. The molecule has 0 radical (unpaired) electrons. The monoisotopic (exact) mass is 295 g/mol. The summed E-state index contributed by atoms with van der Waals surface area (Å²) in [4.78, 5) is 2.47. The highest BCUT2D eigenvalue weighted by Gasteiger charge is 2.42. The van der Waals surface area contributed by atoms with Gasteiger partial charge >= 0.3 is 0 Å². The zero-order valence-electron chi connectivity index (χ0n) is 12.0. The fraction of sp³-hybridized carbons (Fsp3) is 0.625. The van der Waals surface area contributed by atoms with Crippen molar-refractivity contribution in [2.45, 2.75) is 37.5 Å². The van der Waals surface area contributed by atoms with Crippen LogP contribution in [0.15, 0.2) is 24.3 Å². The lowest BCUT2D eigenvalue weighted by atomic mass is 9.88. The molecule has 1 spiro atoms. The molecule has 0 aliphatic carbocycles. The van der Waals surface area contributed by atoms with Gasteiger partial charge in [0.2, 0.25) is 0 Å². The molecule has 3 rings (SSSR count). The van der Waals surface area contributed by atoms with Crippen LogP contribution in [-0.4, -0.2) is 43.4 Å². The van der Waals surface area contributed by atoms with Crippen LogP contribution in [0.1, 0.15) is 24.8 Å². The van der Waals surface area contributed by atoms with Gasteiger partial charge in [-0.3, -0.25) is 4.90 Å². The number of hydrogen-bond donors (Lipinski definition) is 0. The second kappa shape index (κ2) is 6.02. The standard InChI is InChI=1S/C16H22ClNO2/c1-19-14-10-16(20-12-14)6-8-18(9-7-16)11-13-4-2-3-5-15(13)17/h2-5,14H,6-12H2,1H3/t14-/m1/s1. The van der Waals surface area contributed by atoms with Crippen molar-refractivity contribution in [3.8, 4) is 0 Å². The van der Waals surface area contributed by atoms with Crippen molar-refractivity contribution in [1.29, 1.82) is 0 Å². The van der Waals surface area contributed by atoms with Crippen molar-refractivity contribution in [2.24, 2.45) is 0 Å². The Morgan fingerprint density at radius 1 is 1.35 bits per heavy atom. The molecule has 0 unspecified atom stereocenters. The Bertz CT molecular complexity index is 458. The Labute approximate surface area is 125 Å². The van der Waals surface area contributed by atoms with Crippen LogP contribution in [0.4, 0.5) is 0 Å². The number of likely N-dealkylation sites (tertiary alicyclic amines) is 1. The van der Waals surface area contributed by atoms with E-state index >= 15 is 0 Å². The summed E-state index contributed by atoms with van der Waals surface area (Å²) < 4.78 is 11.5. The molecular formula is C16H22ClNO2. The van der Waals surface area contributed by atoms with Gasteiger partial charge in [-0.05, 0) is 24.5 Å². The van der Waals surface area contributed by atoms with Gasteiger partial charge in [0.05, 0.1) is 18.3 Å². The number of rotatable bonds is 3. The number of nitrogens with zero attached hydrogens (tertiary/aromatic N) is 1. The molecule has 20 heavy (non-hydrogen) atoms. The predicted molar refractivity (Wildman–Crippen MR) is 80.1 cm³/mol. The Morgan fingerprint density at radius 3 is 2.75 bits per heavy atom. The van der Waals surface area contributed by atoms with Crippen LogP contribution in [0, 0.1) is 0 Å². The average Bonchev–Trinajstić information content (AvgIpc) is 2.87. The maximum Gasteiger partial charge on any atom is 0.0832 e. The summed E-state index contributed by atoms with van der Waals surface area (Å²) in [5.41, 5.74) is 1.28. The van der Waals surface area contributed by atoms with Crippen LogP contribution in [0.3, 0.4) is 0 Å².